The molecule has 11 rings (SSSR count). The van der Waals surface area contributed by atoms with E-state index in [0.29, 0.717) is 65.3 Å². The summed E-state index contributed by atoms with van der Waals surface area (Å²) < 4.78 is 160. The maximum Gasteiger partial charge on any atom is 0.573 e. The van der Waals surface area contributed by atoms with E-state index >= 15 is 0 Å². The number of piperidine rings is 2. The normalized spacial score (nSPS) is 22.0. The topological polar surface area (TPSA) is 121 Å². The molecule has 4 aliphatic rings. The number of aryl methyl sites for hydroxylation is 3. The lowest BCUT2D eigenvalue weighted by Crippen LogP contribution is -2.52. The Kier molecular flexibility index (Phi) is 19.4. The molecule has 0 aromatic heterocycles. The summed E-state index contributed by atoms with van der Waals surface area (Å²) in [6.07, 6.45) is -2.09. The van der Waals surface area contributed by atoms with E-state index in [9.17, 15) is 43.2 Å². The van der Waals surface area contributed by atoms with Crippen LogP contribution in [0, 0.1) is 24.3 Å². The van der Waals surface area contributed by atoms with Gasteiger partial charge in [-0.15, -0.1) is 26.3 Å². The molecule has 0 aliphatic carbocycles. The summed E-state index contributed by atoms with van der Waals surface area (Å²) in [6.45, 7) is 7.71. The predicted molar refractivity (Wildman–Crippen MR) is 315 cm³/mol. The van der Waals surface area contributed by atoms with Gasteiger partial charge in [-0.25, -0.2) is 16.8 Å². The monoisotopic (exact) mass is 1310 g/mol. The van der Waals surface area contributed by atoms with E-state index in [1.54, 1.807) is 51.1 Å². The molecule has 7 aromatic rings. The molecule has 0 radical (unpaired) electrons. The van der Waals surface area contributed by atoms with Gasteiger partial charge < -0.3 is 23.7 Å². The number of hydrogen-bond donors (Lipinski definition) is 0. The first-order valence-corrected chi connectivity index (χ1v) is 31.2. The zero-order valence-corrected chi connectivity index (χ0v) is 50.0. The van der Waals surface area contributed by atoms with Crippen molar-refractivity contribution in [2.24, 2.45) is 0 Å². The predicted octanol–water partition coefficient (Wildman–Crippen LogP) is 15.3. The highest BCUT2D eigenvalue weighted by molar-refractivity contribution is 14.1. The zero-order valence-electron chi connectivity index (χ0n) is 46.2. The SMILES string of the molecule is Cc1ccc(S(=O)(=O)N2CCC[C@@]3(C=CCO3)[C@@H]2c2ccccc2)cc1.Cc1ccc(S(=O)(=O)N2CCC[C@@]3(C[C@H](c4cc(OC(F)(F)F)ccc4C)CO3)[C@@H]2c2ccccc2)cc1.FC(F)(F)Oc1ccc(OCc2ccccc2)c(I)c1. The fourth-order valence-corrected chi connectivity index (χ4v) is 15.5. The minimum Gasteiger partial charge on any atom is -0.488 e. The van der Waals surface area contributed by atoms with Crippen LogP contribution in [0.3, 0.4) is 0 Å². The Morgan fingerprint density at radius 1 is 0.595 bits per heavy atom. The van der Waals surface area contributed by atoms with Crippen molar-refractivity contribution in [3.05, 3.63) is 231 Å². The van der Waals surface area contributed by atoms with Crippen LogP contribution in [0.25, 0.3) is 0 Å². The summed E-state index contributed by atoms with van der Waals surface area (Å²) in [4.78, 5) is 0.562. The molecule has 5 atom stereocenters. The van der Waals surface area contributed by atoms with Gasteiger partial charge in [0.1, 0.15) is 29.5 Å². The van der Waals surface area contributed by atoms with Crippen LogP contribution in [-0.4, -0.2) is 75.7 Å². The molecule has 11 nitrogen and oxygen atoms in total. The zero-order chi connectivity index (χ0) is 59.9. The molecular weight excluding hydrogens is 1250 g/mol. The Hall–Kier alpha value is -6.27. The third kappa shape index (κ3) is 14.9. The first-order valence-electron chi connectivity index (χ1n) is 27.3. The number of ether oxygens (including phenoxy) is 5. The molecule has 0 saturated carbocycles. The second-order valence-corrected chi connectivity index (χ2v) is 26.1. The Balaban J connectivity index is 0.000000160. The molecule has 0 N–H and O–H groups in total. The lowest BCUT2D eigenvalue weighted by atomic mass is 9.76. The van der Waals surface area contributed by atoms with Crippen LogP contribution in [0.5, 0.6) is 17.2 Å². The number of halogens is 7. The van der Waals surface area contributed by atoms with Crippen LogP contribution in [0.15, 0.2) is 198 Å². The highest BCUT2D eigenvalue weighted by atomic mass is 127. The van der Waals surface area contributed by atoms with Crippen LogP contribution in [0.2, 0.25) is 0 Å². The summed E-state index contributed by atoms with van der Waals surface area (Å²) >= 11 is 1.91. The van der Waals surface area contributed by atoms with Gasteiger partial charge >= 0.3 is 12.7 Å². The third-order valence-corrected chi connectivity index (χ3v) is 19.9. The molecule has 4 heterocycles. The maximum absolute atomic E-state index is 14.0. The molecule has 2 spiro atoms. The molecule has 444 valence electrons. The van der Waals surface area contributed by atoms with Crippen LogP contribution in [0.1, 0.15) is 89.0 Å². The van der Waals surface area contributed by atoms with Crippen molar-refractivity contribution in [3.63, 3.8) is 0 Å². The summed E-state index contributed by atoms with van der Waals surface area (Å²) in [5.41, 5.74) is 4.93. The van der Waals surface area contributed by atoms with Gasteiger partial charge in [0.15, 0.2) is 0 Å². The van der Waals surface area contributed by atoms with Crippen molar-refractivity contribution in [3.8, 4) is 17.2 Å². The van der Waals surface area contributed by atoms with Gasteiger partial charge in [-0.3, -0.25) is 0 Å². The second kappa shape index (κ2) is 26.1. The van der Waals surface area contributed by atoms with Crippen molar-refractivity contribution in [1.82, 2.24) is 8.61 Å². The molecule has 4 aliphatic heterocycles. The average Bonchev–Trinajstić information content (AvgIpc) is 3.06. The summed E-state index contributed by atoms with van der Waals surface area (Å²) in [6, 6.07) is 50.1. The Bertz CT molecular complexity index is 3600. The van der Waals surface area contributed by atoms with Gasteiger partial charge in [0.25, 0.3) is 0 Å². The van der Waals surface area contributed by atoms with Crippen LogP contribution < -0.4 is 14.2 Å². The number of rotatable bonds is 12. The minimum absolute atomic E-state index is 0.208. The van der Waals surface area contributed by atoms with E-state index in [1.165, 1.54) is 30.3 Å². The van der Waals surface area contributed by atoms with Crippen molar-refractivity contribution < 1.29 is 66.9 Å². The largest absolute Gasteiger partial charge is 0.573 e. The fourth-order valence-electron chi connectivity index (χ4n) is 11.5. The summed E-state index contributed by atoms with van der Waals surface area (Å²) in [7, 11) is -7.47. The van der Waals surface area contributed by atoms with Crippen LogP contribution in [-0.2, 0) is 36.1 Å². The number of nitrogens with zero attached hydrogens (tertiary/aromatic N) is 2. The number of alkyl halides is 6. The number of hydrogen-bond acceptors (Lipinski definition) is 9. The highest BCUT2D eigenvalue weighted by Crippen LogP contribution is 2.53. The molecule has 20 heteroatoms. The number of sulfonamides is 2. The molecule has 0 unspecified atom stereocenters. The third-order valence-electron chi connectivity index (χ3n) is 15.3. The van der Waals surface area contributed by atoms with E-state index < -0.39 is 50.0 Å². The first-order chi connectivity index (χ1) is 40.0. The summed E-state index contributed by atoms with van der Waals surface area (Å²) in [5, 5.41) is 0. The molecule has 7 aromatic carbocycles. The fraction of sp³-hybridized carbons (Fsp3) is 0.312. The van der Waals surface area contributed by atoms with Gasteiger partial charge in [-0.2, -0.15) is 8.61 Å². The van der Waals surface area contributed by atoms with E-state index in [0.717, 1.165) is 46.2 Å². The lowest BCUT2D eigenvalue weighted by Gasteiger charge is -2.47. The molecule has 0 amide bonds. The average molecular weight is 1310 g/mol. The van der Waals surface area contributed by atoms with E-state index in [-0.39, 0.29) is 35.0 Å². The minimum atomic E-state index is -4.79. The maximum atomic E-state index is 14.0. The van der Waals surface area contributed by atoms with Crippen molar-refractivity contribution >= 4 is 42.6 Å². The first kappa shape index (κ1) is 62.3. The second-order valence-electron chi connectivity index (χ2n) is 21.1. The van der Waals surface area contributed by atoms with Crippen molar-refractivity contribution in [1.29, 1.82) is 0 Å². The van der Waals surface area contributed by atoms with E-state index in [2.05, 4.69) is 15.5 Å². The smallest absolute Gasteiger partial charge is 0.488 e. The van der Waals surface area contributed by atoms with Gasteiger partial charge in [0.05, 0.1) is 44.3 Å². The Morgan fingerprint density at radius 2 is 1.10 bits per heavy atom. The van der Waals surface area contributed by atoms with E-state index in [4.69, 9.17) is 14.2 Å². The lowest BCUT2D eigenvalue weighted by molar-refractivity contribution is -0.275. The summed E-state index contributed by atoms with van der Waals surface area (Å²) in [5.74, 6) is -0.219. The molecule has 0 bridgehead atoms. The van der Waals surface area contributed by atoms with Gasteiger partial charge in [0.2, 0.25) is 20.0 Å². The van der Waals surface area contributed by atoms with Crippen molar-refractivity contribution in [2.75, 3.05) is 26.3 Å². The highest BCUT2D eigenvalue weighted by Gasteiger charge is 2.55. The van der Waals surface area contributed by atoms with Crippen molar-refractivity contribution in [2.45, 2.75) is 111 Å². The molecule has 3 fully saturated rings. The van der Waals surface area contributed by atoms with Crippen LogP contribution >= 0.6 is 22.6 Å². The quantitative estimate of drug-likeness (QED) is 0.0669. The molecular formula is C64H63F6IN2O9S2. The van der Waals surface area contributed by atoms with Gasteiger partial charge in [-0.05, 0) is 158 Å². The molecule has 3 saturated heterocycles. The number of benzene rings is 7. The molecule has 84 heavy (non-hydrogen) atoms. The van der Waals surface area contributed by atoms with E-state index in [1.807, 2.05) is 153 Å². The van der Waals surface area contributed by atoms with Crippen LogP contribution in [0.4, 0.5) is 26.3 Å². The van der Waals surface area contributed by atoms with Gasteiger partial charge in [-0.1, -0.05) is 145 Å². The Morgan fingerprint density at radius 3 is 1.62 bits per heavy atom. The standard InChI is InChI=1S/C29H30F3NO4S.C21H23NO3S.C14H10F3IO2/c1-20-9-13-25(14-10-20)38(34,35)33-16-6-15-28(27(33)22-7-4-3-5-8-22)18-23(19-36-28)26-17-24(12-11-21(26)2)37-29(30,31)32;1-17-9-11-19(12-10-17)26(23,24)22-15-5-13-21(14-6-16-25-21)20(22)18-7-3-2-4-8-18;15-14(16,17)20-11-6-7-13(12(18)8-11)19-9-10-4-2-1-3-5-10/h3-5,7-14,17,23,27H,6,15-16,18-19H2,1-2H3;2-4,6-12,14,20H,5,13,15-16H2,1H3;1-8H,9H2/t23-,27-,28+;20-,21+;/m00./s1. The Labute approximate surface area is 500 Å². The van der Waals surface area contributed by atoms with Gasteiger partial charge in [0, 0.05) is 19.0 Å².